The zero-order valence-electron chi connectivity index (χ0n) is 11.9. The van der Waals surface area contributed by atoms with Gasteiger partial charge in [-0.05, 0) is 26.3 Å². The molecule has 4 nitrogen and oxygen atoms in total. The van der Waals surface area contributed by atoms with Gasteiger partial charge in [-0.25, -0.2) is 4.98 Å². The highest BCUT2D eigenvalue weighted by molar-refractivity contribution is 5.49. The van der Waals surface area contributed by atoms with Gasteiger partial charge in [-0.15, -0.1) is 0 Å². The number of hydrogen-bond donors (Lipinski definition) is 1. The van der Waals surface area contributed by atoms with Gasteiger partial charge in [-0.3, -0.25) is 0 Å². The summed E-state index contributed by atoms with van der Waals surface area (Å²) < 4.78 is 5.19. The monoisotopic (exact) mass is 251 g/mol. The van der Waals surface area contributed by atoms with Gasteiger partial charge in [0.05, 0.1) is 6.61 Å². The molecule has 2 atom stereocenters. The van der Waals surface area contributed by atoms with E-state index in [1.165, 1.54) is 0 Å². The summed E-state index contributed by atoms with van der Waals surface area (Å²) in [4.78, 5) is 6.79. The predicted octanol–water partition coefficient (Wildman–Crippen LogP) is 2.35. The molecule has 0 spiro atoms. The Hall–Kier alpha value is -1.13. The van der Waals surface area contributed by atoms with E-state index in [0.717, 1.165) is 24.3 Å². The number of ether oxygens (including phenoxy) is 1. The fraction of sp³-hybridized carbons (Fsp3) is 0.643. The van der Waals surface area contributed by atoms with Crippen LogP contribution in [-0.4, -0.2) is 31.3 Å². The van der Waals surface area contributed by atoms with Crippen LogP contribution in [0.4, 0.5) is 5.82 Å². The van der Waals surface area contributed by atoms with Gasteiger partial charge in [-0.1, -0.05) is 13.0 Å². The number of pyridine rings is 1. The number of hydrogen-bond acceptors (Lipinski definition) is 4. The smallest absolute Gasteiger partial charge is 0.133 e. The second-order valence-electron chi connectivity index (χ2n) is 4.65. The number of methoxy groups -OCH3 is 1. The standard InChI is InChI=1S/C14H25N3O/c1-5-11(2)17(9-10-18-4)14-13(12(3)15)7-6-8-16-14/h6-8,11-12H,5,9-10,15H2,1-4H3/t11?,12-/m0/s1. The van der Waals surface area contributed by atoms with Crippen molar-refractivity contribution in [3.05, 3.63) is 23.9 Å². The summed E-state index contributed by atoms with van der Waals surface area (Å²) in [6, 6.07) is 4.40. The first-order valence-electron chi connectivity index (χ1n) is 6.57. The molecule has 2 N–H and O–H groups in total. The maximum Gasteiger partial charge on any atom is 0.133 e. The highest BCUT2D eigenvalue weighted by Gasteiger charge is 2.18. The van der Waals surface area contributed by atoms with Gasteiger partial charge in [0, 0.05) is 37.5 Å². The van der Waals surface area contributed by atoms with Crippen LogP contribution in [-0.2, 0) is 4.74 Å². The van der Waals surface area contributed by atoms with Crippen LogP contribution in [0.15, 0.2) is 18.3 Å². The average Bonchev–Trinajstić information content (AvgIpc) is 2.39. The molecule has 0 aliphatic heterocycles. The molecule has 1 unspecified atom stereocenters. The Morgan fingerprint density at radius 1 is 1.44 bits per heavy atom. The number of aromatic nitrogens is 1. The quantitative estimate of drug-likeness (QED) is 0.808. The largest absolute Gasteiger partial charge is 0.383 e. The van der Waals surface area contributed by atoms with Crippen molar-refractivity contribution in [3.8, 4) is 0 Å². The van der Waals surface area contributed by atoms with E-state index >= 15 is 0 Å². The maximum absolute atomic E-state index is 6.02. The fourth-order valence-electron chi connectivity index (χ4n) is 1.95. The SMILES string of the molecule is CCC(C)N(CCOC)c1ncccc1[C@H](C)N. The van der Waals surface area contributed by atoms with Crippen LogP contribution in [0.5, 0.6) is 0 Å². The van der Waals surface area contributed by atoms with E-state index in [2.05, 4.69) is 29.8 Å². The Balaban J connectivity index is 3.03. The minimum absolute atomic E-state index is 0.0113. The Kier molecular flexibility index (Phi) is 6.09. The molecular weight excluding hydrogens is 226 g/mol. The molecule has 1 heterocycles. The van der Waals surface area contributed by atoms with E-state index in [4.69, 9.17) is 10.5 Å². The molecule has 0 saturated heterocycles. The molecule has 1 aromatic rings. The van der Waals surface area contributed by atoms with Crippen molar-refractivity contribution in [3.63, 3.8) is 0 Å². The Labute approximate surface area is 110 Å². The molecule has 0 aromatic carbocycles. The second-order valence-corrected chi connectivity index (χ2v) is 4.65. The van der Waals surface area contributed by atoms with E-state index < -0.39 is 0 Å². The van der Waals surface area contributed by atoms with Crippen LogP contribution in [0, 0.1) is 0 Å². The summed E-state index contributed by atoms with van der Waals surface area (Å²) in [5.74, 6) is 0.985. The topological polar surface area (TPSA) is 51.4 Å². The zero-order valence-corrected chi connectivity index (χ0v) is 11.9. The van der Waals surface area contributed by atoms with Gasteiger partial charge in [-0.2, -0.15) is 0 Å². The summed E-state index contributed by atoms with van der Waals surface area (Å²) in [7, 11) is 1.72. The van der Waals surface area contributed by atoms with E-state index in [-0.39, 0.29) is 6.04 Å². The van der Waals surface area contributed by atoms with Crippen molar-refractivity contribution in [2.45, 2.75) is 39.3 Å². The third-order valence-electron chi connectivity index (χ3n) is 3.24. The van der Waals surface area contributed by atoms with Crippen LogP contribution in [0.3, 0.4) is 0 Å². The molecule has 4 heteroatoms. The lowest BCUT2D eigenvalue weighted by Gasteiger charge is -2.31. The van der Waals surface area contributed by atoms with Gasteiger partial charge in [0.2, 0.25) is 0 Å². The van der Waals surface area contributed by atoms with Crippen molar-refractivity contribution in [1.82, 2.24) is 4.98 Å². The summed E-state index contributed by atoms with van der Waals surface area (Å²) in [6.45, 7) is 7.90. The summed E-state index contributed by atoms with van der Waals surface area (Å²) in [5.41, 5.74) is 7.12. The Morgan fingerprint density at radius 3 is 2.72 bits per heavy atom. The number of nitrogens with zero attached hydrogens (tertiary/aromatic N) is 2. The van der Waals surface area contributed by atoms with Gasteiger partial charge in [0.15, 0.2) is 0 Å². The average molecular weight is 251 g/mol. The van der Waals surface area contributed by atoms with E-state index in [9.17, 15) is 0 Å². The van der Waals surface area contributed by atoms with Crippen LogP contribution >= 0.6 is 0 Å². The minimum atomic E-state index is -0.0113. The van der Waals surface area contributed by atoms with Gasteiger partial charge in [0.25, 0.3) is 0 Å². The number of anilines is 1. The molecule has 1 aromatic heterocycles. The third-order valence-corrected chi connectivity index (χ3v) is 3.24. The third kappa shape index (κ3) is 3.68. The van der Waals surface area contributed by atoms with Crippen molar-refractivity contribution in [2.24, 2.45) is 5.73 Å². The van der Waals surface area contributed by atoms with Gasteiger partial charge in [0.1, 0.15) is 5.82 Å². The highest BCUT2D eigenvalue weighted by Crippen LogP contribution is 2.24. The molecule has 0 fully saturated rings. The number of rotatable bonds is 7. The molecule has 0 aliphatic rings. The summed E-state index contributed by atoms with van der Waals surface area (Å²) in [6.07, 6.45) is 2.89. The summed E-state index contributed by atoms with van der Waals surface area (Å²) in [5, 5.41) is 0. The molecule has 102 valence electrons. The number of nitrogens with two attached hydrogens (primary N) is 1. The Morgan fingerprint density at radius 2 is 2.17 bits per heavy atom. The molecule has 0 radical (unpaired) electrons. The normalized spacial score (nSPS) is 14.3. The predicted molar refractivity (Wildman–Crippen MR) is 75.8 cm³/mol. The first-order chi connectivity index (χ1) is 8.61. The first-order valence-corrected chi connectivity index (χ1v) is 6.57. The lowest BCUT2D eigenvalue weighted by atomic mass is 10.1. The fourth-order valence-corrected chi connectivity index (χ4v) is 1.95. The van der Waals surface area contributed by atoms with Crippen LogP contribution in [0.1, 0.15) is 38.8 Å². The molecule has 0 saturated carbocycles. The lowest BCUT2D eigenvalue weighted by Crippen LogP contribution is -2.37. The van der Waals surface area contributed by atoms with Gasteiger partial charge < -0.3 is 15.4 Å². The zero-order chi connectivity index (χ0) is 13.5. The molecule has 1 rings (SSSR count). The van der Waals surface area contributed by atoms with Crippen molar-refractivity contribution in [2.75, 3.05) is 25.2 Å². The minimum Gasteiger partial charge on any atom is -0.383 e. The molecule has 0 aliphatic carbocycles. The molecule has 0 bridgehead atoms. The van der Waals surface area contributed by atoms with Crippen molar-refractivity contribution >= 4 is 5.82 Å². The molecule has 18 heavy (non-hydrogen) atoms. The maximum atomic E-state index is 6.02. The molecular formula is C14H25N3O. The first kappa shape index (κ1) is 14.9. The molecule has 0 amide bonds. The van der Waals surface area contributed by atoms with Crippen molar-refractivity contribution < 1.29 is 4.74 Å². The van der Waals surface area contributed by atoms with E-state index in [0.29, 0.717) is 12.6 Å². The lowest BCUT2D eigenvalue weighted by molar-refractivity contribution is 0.203. The van der Waals surface area contributed by atoms with Crippen LogP contribution in [0.25, 0.3) is 0 Å². The van der Waals surface area contributed by atoms with E-state index in [1.807, 2.05) is 19.2 Å². The second kappa shape index (κ2) is 7.34. The highest BCUT2D eigenvalue weighted by atomic mass is 16.5. The van der Waals surface area contributed by atoms with Crippen molar-refractivity contribution in [1.29, 1.82) is 0 Å². The van der Waals surface area contributed by atoms with Crippen LogP contribution in [0.2, 0.25) is 0 Å². The van der Waals surface area contributed by atoms with Gasteiger partial charge >= 0.3 is 0 Å². The Bertz CT molecular complexity index is 355. The van der Waals surface area contributed by atoms with Crippen LogP contribution < -0.4 is 10.6 Å². The summed E-state index contributed by atoms with van der Waals surface area (Å²) >= 11 is 0. The van der Waals surface area contributed by atoms with E-state index in [1.54, 1.807) is 7.11 Å².